The Labute approximate surface area is 119 Å². The van der Waals surface area contributed by atoms with Gasteiger partial charge in [0.05, 0.1) is 13.2 Å². The number of hydrogen-bond donors (Lipinski definition) is 2. The van der Waals surface area contributed by atoms with Gasteiger partial charge in [-0.1, -0.05) is 30.3 Å². The van der Waals surface area contributed by atoms with E-state index in [2.05, 4.69) is 22.8 Å². The minimum atomic E-state index is -0.247. The van der Waals surface area contributed by atoms with Crippen LogP contribution in [0.4, 0.5) is 0 Å². The molecule has 1 amide bonds. The normalized spacial score (nSPS) is 12.2. The number of ether oxygens (including phenoxy) is 1. The van der Waals surface area contributed by atoms with E-state index in [1.165, 1.54) is 0 Å². The summed E-state index contributed by atoms with van der Waals surface area (Å²) in [7, 11) is 3.30. The van der Waals surface area contributed by atoms with Crippen LogP contribution in [0.25, 0.3) is 10.8 Å². The van der Waals surface area contributed by atoms with Gasteiger partial charge in [-0.25, -0.2) is 0 Å². The third-order valence-electron chi connectivity index (χ3n) is 3.44. The molecule has 2 aromatic rings. The number of fused-ring (bicyclic) bond motifs is 1. The Balaban J connectivity index is 2.29. The topological polar surface area (TPSA) is 50.4 Å². The third-order valence-corrected chi connectivity index (χ3v) is 3.44. The maximum Gasteiger partial charge on any atom is 0.236 e. The van der Waals surface area contributed by atoms with Gasteiger partial charge in [0, 0.05) is 19.2 Å². The average Bonchev–Trinajstić information content (AvgIpc) is 2.51. The highest BCUT2D eigenvalue weighted by atomic mass is 16.5. The third kappa shape index (κ3) is 2.91. The molecule has 2 aromatic carbocycles. The fourth-order valence-corrected chi connectivity index (χ4v) is 2.25. The van der Waals surface area contributed by atoms with Crippen molar-refractivity contribution in [1.29, 1.82) is 0 Å². The van der Waals surface area contributed by atoms with Crippen molar-refractivity contribution in [3.8, 4) is 5.75 Å². The predicted molar refractivity (Wildman–Crippen MR) is 80.9 cm³/mol. The maximum atomic E-state index is 11.5. The molecule has 0 aliphatic rings. The van der Waals surface area contributed by atoms with Crippen molar-refractivity contribution in [1.82, 2.24) is 10.6 Å². The Morgan fingerprint density at radius 2 is 2.00 bits per heavy atom. The lowest BCUT2D eigenvalue weighted by Crippen LogP contribution is -2.40. The standard InChI is InChI=1S/C16H20N2O2/c1-11(16(19)17-2)18-10-14-13-7-5-4-6-12(13)8-9-15(14)20-3/h4-9,11,18H,10H2,1-3H3,(H,17,19). The fourth-order valence-electron chi connectivity index (χ4n) is 2.25. The molecule has 0 saturated heterocycles. The van der Waals surface area contributed by atoms with Gasteiger partial charge < -0.3 is 15.4 Å². The summed E-state index contributed by atoms with van der Waals surface area (Å²) in [5.74, 6) is 0.810. The van der Waals surface area contributed by atoms with E-state index < -0.39 is 0 Å². The Morgan fingerprint density at radius 1 is 1.25 bits per heavy atom. The van der Waals surface area contributed by atoms with Crippen molar-refractivity contribution in [2.75, 3.05) is 14.2 Å². The molecule has 0 bridgehead atoms. The molecule has 2 N–H and O–H groups in total. The lowest BCUT2D eigenvalue weighted by atomic mass is 10.0. The minimum absolute atomic E-state index is 0.0239. The van der Waals surface area contributed by atoms with Gasteiger partial charge in [0.2, 0.25) is 5.91 Å². The first-order chi connectivity index (χ1) is 9.67. The Morgan fingerprint density at radius 3 is 2.70 bits per heavy atom. The zero-order valence-corrected chi connectivity index (χ0v) is 12.1. The number of nitrogens with one attached hydrogen (secondary N) is 2. The SMILES string of the molecule is CNC(=O)C(C)NCc1c(OC)ccc2ccccc12. The van der Waals surface area contributed by atoms with Crippen LogP contribution in [0.1, 0.15) is 12.5 Å². The van der Waals surface area contributed by atoms with E-state index in [9.17, 15) is 4.79 Å². The van der Waals surface area contributed by atoms with Gasteiger partial charge in [-0.2, -0.15) is 0 Å². The van der Waals surface area contributed by atoms with Crippen LogP contribution >= 0.6 is 0 Å². The van der Waals surface area contributed by atoms with Crippen molar-refractivity contribution >= 4 is 16.7 Å². The number of methoxy groups -OCH3 is 1. The van der Waals surface area contributed by atoms with E-state index in [1.54, 1.807) is 14.2 Å². The van der Waals surface area contributed by atoms with E-state index in [1.807, 2.05) is 31.2 Å². The van der Waals surface area contributed by atoms with E-state index in [4.69, 9.17) is 4.74 Å². The molecule has 0 spiro atoms. The van der Waals surface area contributed by atoms with E-state index >= 15 is 0 Å². The summed E-state index contributed by atoms with van der Waals surface area (Å²) in [4.78, 5) is 11.5. The smallest absolute Gasteiger partial charge is 0.236 e. The van der Waals surface area contributed by atoms with Gasteiger partial charge >= 0.3 is 0 Å². The molecule has 4 heteroatoms. The number of carbonyl (C=O) groups is 1. The number of rotatable bonds is 5. The van der Waals surface area contributed by atoms with Gasteiger partial charge in [-0.15, -0.1) is 0 Å². The minimum Gasteiger partial charge on any atom is -0.496 e. The molecule has 0 fully saturated rings. The summed E-state index contributed by atoms with van der Waals surface area (Å²) in [6.07, 6.45) is 0. The molecular formula is C16H20N2O2. The second-order valence-corrected chi connectivity index (χ2v) is 4.68. The lowest BCUT2D eigenvalue weighted by Gasteiger charge is -2.16. The summed E-state index contributed by atoms with van der Waals surface area (Å²) in [5.41, 5.74) is 1.07. The maximum absolute atomic E-state index is 11.5. The lowest BCUT2D eigenvalue weighted by molar-refractivity contribution is -0.122. The summed E-state index contributed by atoms with van der Waals surface area (Å²) in [6, 6.07) is 11.9. The van der Waals surface area contributed by atoms with Crippen molar-refractivity contribution in [3.63, 3.8) is 0 Å². The van der Waals surface area contributed by atoms with Crippen LogP contribution in [-0.2, 0) is 11.3 Å². The Kier molecular flexibility index (Phi) is 4.58. The molecule has 1 unspecified atom stereocenters. The number of benzene rings is 2. The molecule has 1 atom stereocenters. The molecule has 0 saturated carbocycles. The Hall–Kier alpha value is -2.07. The van der Waals surface area contributed by atoms with Crippen LogP contribution in [0.5, 0.6) is 5.75 Å². The monoisotopic (exact) mass is 272 g/mol. The Bertz CT molecular complexity index is 610. The van der Waals surface area contributed by atoms with Crippen LogP contribution in [0.3, 0.4) is 0 Å². The molecular weight excluding hydrogens is 252 g/mol. The van der Waals surface area contributed by atoms with Gasteiger partial charge in [-0.05, 0) is 23.8 Å². The van der Waals surface area contributed by atoms with E-state index in [-0.39, 0.29) is 11.9 Å². The molecule has 0 aromatic heterocycles. The molecule has 0 heterocycles. The summed E-state index contributed by atoms with van der Waals surface area (Å²) >= 11 is 0. The predicted octanol–water partition coefficient (Wildman–Crippen LogP) is 2.07. The van der Waals surface area contributed by atoms with Gasteiger partial charge in [0.25, 0.3) is 0 Å². The molecule has 4 nitrogen and oxygen atoms in total. The van der Waals surface area contributed by atoms with Crippen molar-refractivity contribution in [2.45, 2.75) is 19.5 Å². The number of carbonyl (C=O) groups excluding carboxylic acids is 1. The average molecular weight is 272 g/mol. The first-order valence-electron chi connectivity index (χ1n) is 6.67. The molecule has 0 aliphatic carbocycles. The van der Waals surface area contributed by atoms with Crippen molar-refractivity contribution in [2.24, 2.45) is 0 Å². The molecule has 0 aliphatic heterocycles. The summed E-state index contributed by atoms with van der Waals surface area (Å²) in [5, 5.41) is 8.17. The van der Waals surface area contributed by atoms with Crippen LogP contribution in [0.15, 0.2) is 36.4 Å². The molecule has 20 heavy (non-hydrogen) atoms. The molecule has 2 rings (SSSR count). The fraction of sp³-hybridized carbons (Fsp3) is 0.312. The summed E-state index contributed by atoms with van der Waals surface area (Å²) in [6.45, 7) is 2.43. The quantitative estimate of drug-likeness (QED) is 0.876. The first kappa shape index (κ1) is 14.3. The number of amides is 1. The molecule has 0 radical (unpaired) electrons. The largest absolute Gasteiger partial charge is 0.496 e. The van der Waals surface area contributed by atoms with Gasteiger partial charge in [-0.3, -0.25) is 4.79 Å². The highest BCUT2D eigenvalue weighted by Crippen LogP contribution is 2.27. The summed E-state index contributed by atoms with van der Waals surface area (Å²) < 4.78 is 5.43. The molecule has 106 valence electrons. The highest BCUT2D eigenvalue weighted by Gasteiger charge is 2.13. The number of hydrogen-bond acceptors (Lipinski definition) is 3. The first-order valence-corrected chi connectivity index (χ1v) is 6.67. The van der Waals surface area contributed by atoms with E-state index in [0.29, 0.717) is 6.54 Å². The second-order valence-electron chi connectivity index (χ2n) is 4.68. The second kappa shape index (κ2) is 6.39. The zero-order valence-electron chi connectivity index (χ0n) is 12.1. The number of likely N-dealkylation sites (N-methyl/N-ethyl adjacent to an activating group) is 1. The van der Waals surface area contributed by atoms with Crippen LogP contribution < -0.4 is 15.4 Å². The van der Waals surface area contributed by atoms with Crippen LogP contribution in [0.2, 0.25) is 0 Å². The van der Waals surface area contributed by atoms with Crippen molar-refractivity contribution < 1.29 is 9.53 Å². The van der Waals surface area contributed by atoms with Crippen LogP contribution in [-0.4, -0.2) is 26.1 Å². The van der Waals surface area contributed by atoms with Gasteiger partial charge in [0.1, 0.15) is 5.75 Å². The van der Waals surface area contributed by atoms with Gasteiger partial charge in [0.15, 0.2) is 0 Å². The van der Waals surface area contributed by atoms with Crippen LogP contribution in [0, 0.1) is 0 Å². The van der Waals surface area contributed by atoms with Crippen molar-refractivity contribution in [3.05, 3.63) is 42.0 Å². The highest BCUT2D eigenvalue weighted by molar-refractivity contribution is 5.88. The zero-order chi connectivity index (χ0) is 14.5. The van der Waals surface area contributed by atoms with E-state index in [0.717, 1.165) is 22.1 Å².